The number of urea groups is 1. The highest BCUT2D eigenvalue weighted by atomic mass is 32.2. The highest BCUT2D eigenvalue weighted by Crippen LogP contribution is 2.28. The summed E-state index contributed by atoms with van der Waals surface area (Å²) in [4.78, 5) is 12.4. The van der Waals surface area contributed by atoms with Gasteiger partial charge in [0.15, 0.2) is 0 Å². The lowest BCUT2D eigenvalue weighted by Gasteiger charge is -2.33. The summed E-state index contributed by atoms with van der Waals surface area (Å²) in [6, 6.07) is 1.89. The molecule has 2 aromatic heterocycles. The van der Waals surface area contributed by atoms with Gasteiger partial charge in [0.2, 0.25) is 0 Å². The van der Waals surface area contributed by atoms with Gasteiger partial charge in [-0.3, -0.25) is 13.7 Å². The van der Waals surface area contributed by atoms with Gasteiger partial charge in [-0.1, -0.05) is 13.8 Å². The van der Waals surface area contributed by atoms with Crippen molar-refractivity contribution in [3.05, 3.63) is 30.0 Å². The van der Waals surface area contributed by atoms with Crippen LogP contribution in [0.2, 0.25) is 0 Å². The molecule has 148 valence electrons. The SMILES string of the molecule is CCc1cc(NC(=O)NSN(c2cnn(C)c2)C2CCOCC2)c(CC)o1. The van der Waals surface area contributed by atoms with Crippen LogP contribution in [-0.2, 0) is 24.6 Å². The molecular formula is C18H27N5O3S. The molecule has 1 saturated heterocycles. The van der Waals surface area contributed by atoms with Gasteiger partial charge in [0, 0.05) is 51.4 Å². The Balaban J connectivity index is 1.64. The average Bonchev–Trinajstić information content (AvgIpc) is 3.28. The van der Waals surface area contributed by atoms with Crippen LogP contribution in [0, 0.1) is 0 Å². The van der Waals surface area contributed by atoms with E-state index in [4.69, 9.17) is 9.15 Å². The van der Waals surface area contributed by atoms with Gasteiger partial charge in [0.05, 0.1) is 29.7 Å². The van der Waals surface area contributed by atoms with E-state index in [0.717, 1.165) is 61.8 Å². The van der Waals surface area contributed by atoms with Crippen molar-refractivity contribution in [1.29, 1.82) is 0 Å². The zero-order valence-electron chi connectivity index (χ0n) is 16.0. The van der Waals surface area contributed by atoms with Gasteiger partial charge >= 0.3 is 6.03 Å². The third kappa shape index (κ3) is 4.98. The standard InChI is InChI=1S/C18H27N5O3S/c1-4-15-10-16(17(5-2)26-15)20-18(24)21-27-23(13-6-8-25-9-7-13)14-11-19-22(3)12-14/h10-13H,4-9H2,1-3H3,(H2,20,21,24). The fourth-order valence-electron chi connectivity index (χ4n) is 3.05. The minimum Gasteiger partial charge on any atom is -0.464 e. The Kier molecular flexibility index (Phi) is 6.68. The highest BCUT2D eigenvalue weighted by molar-refractivity contribution is 7.99. The van der Waals surface area contributed by atoms with E-state index >= 15 is 0 Å². The molecule has 0 atom stereocenters. The van der Waals surface area contributed by atoms with Gasteiger partial charge < -0.3 is 14.5 Å². The Morgan fingerprint density at radius 3 is 2.78 bits per heavy atom. The molecule has 0 aliphatic carbocycles. The molecule has 0 radical (unpaired) electrons. The molecule has 27 heavy (non-hydrogen) atoms. The number of rotatable bonds is 7. The van der Waals surface area contributed by atoms with Crippen molar-refractivity contribution in [2.75, 3.05) is 22.8 Å². The van der Waals surface area contributed by atoms with Crippen molar-refractivity contribution >= 4 is 29.5 Å². The van der Waals surface area contributed by atoms with E-state index in [2.05, 4.69) is 19.4 Å². The van der Waals surface area contributed by atoms with E-state index in [9.17, 15) is 4.79 Å². The Labute approximate surface area is 163 Å². The number of aryl methyl sites for hydroxylation is 3. The van der Waals surface area contributed by atoms with Crippen molar-refractivity contribution in [2.24, 2.45) is 7.05 Å². The lowest BCUT2D eigenvalue weighted by Crippen LogP contribution is -2.38. The van der Waals surface area contributed by atoms with Crippen LogP contribution in [0.3, 0.4) is 0 Å². The predicted molar refractivity (Wildman–Crippen MR) is 107 cm³/mol. The molecule has 0 bridgehead atoms. The fraction of sp³-hybridized carbons (Fsp3) is 0.556. The number of nitrogens with one attached hydrogen (secondary N) is 2. The maximum absolute atomic E-state index is 12.4. The molecule has 2 amide bonds. The zero-order valence-corrected chi connectivity index (χ0v) is 16.8. The van der Waals surface area contributed by atoms with Gasteiger partial charge in [0.25, 0.3) is 0 Å². The van der Waals surface area contributed by atoms with Crippen molar-refractivity contribution < 1.29 is 13.9 Å². The first kappa shape index (κ1) is 19.6. The van der Waals surface area contributed by atoms with Crippen molar-refractivity contribution in [3.8, 4) is 0 Å². The predicted octanol–water partition coefficient (Wildman–Crippen LogP) is 3.51. The third-order valence-electron chi connectivity index (χ3n) is 4.48. The van der Waals surface area contributed by atoms with Crippen LogP contribution in [-0.4, -0.2) is 35.1 Å². The van der Waals surface area contributed by atoms with Crippen LogP contribution >= 0.6 is 12.1 Å². The summed E-state index contributed by atoms with van der Waals surface area (Å²) in [5.41, 5.74) is 1.69. The second-order valence-corrected chi connectivity index (χ2v) is 7.23. The number of anilines is 2. The molecule has 9 heteroatoms. The van der Waals surface area contributed by atoms with Crippen LogP contribution in [0.15, 0.2) is 22.9 Å². The molecule has 3 heterocycles. The Morgan fingerprint density at radius 2 is 2.15 bits per heavy atom. The van der Waals surface area contributed by atoms with Crippen molar-refractivity contribution in [1.82, 2.24) is 14.5 Å². The number of nitrogens with zero attached hydrogens (tertiary/aromatic N) is 3. The van der Waals surface area contributed by atoms with Crippen LogP contribution in [0.1, 0.15) is 38.2 Å². The fourth-order valence-corrected chi connectivity index (χ4v) is 3.84. The van der Waals surface area contributed by atoms with Crippen LogP contribution in [0.5, 0.6) is 0 Å². The summed E-state index contributed by atoms with van der Waals surface area (Å²) in [7, 11) is 1.88. The molecule has 0 aromatic carbocycles. The van der Waals surface area contributed by atoms with E-state index in [1.807, 2.05) is 33.2 Å². The largest absolute Gasteiger partial charge is 0.464 e. The monoisotopic (exact) mass is 393 g/mol. The first-order valence-corrected chi connectivity index (χ1v) is 10.1. The molecule has 8 nitrogen and oxygen atoms in total. The molecule has 1 aliphatic rings. The summed E-state index contributed by atoms with van der Waals surface area (Å²) >= 11 is 1.28. The molecule has 0 spiro atoms. The molecule has 1 aliphatic heterocycles. The van der Waals surface area contributed by atoms with Gasteiger partial charge in [-0.25, -0.2) is 4.79 Å². The quantitative estimate of drug-likeness (QED) is 0.701. The van der Waals surface area contributed by atoms with Gasteiger partial charge in [-0.2, -0.15) is 5.10 Å². The smallest absolute Gasteiger partial charge is 0.330 e. The van der Waals surface area contributed by atoms with E-state index in [0.29, 0.717) is 0 Å². The lowest BCUT2D eigenvalue weighted by atomic mass is 10.1. The van der Waals surface area contributed by atoms with Crippen molar-refractivity contribution in [3.63, 3.8) is 0 Å². The number of aromatic nitrogens is 2. The molecule has 2 aromatic rings. The van der Waals surface area contributed by atoms with Crippen molar-refractivity contribution in [2.45, 2.75) is 45.6 Å². The number of hydrogen-bond acceptors (Lipinski definition) is 6. The van der Waals surface area contributed by atoms with Gasteiger partial charge in [0.1, 0.15) is 11.5 Å². The first-order chi connectivity index (χ1) is 13.1. The first-order valence-electron chi connectivity index (χ1n) is 9.31. The topological polar surface area (TPSA) is 84.6 Å². The minimum absolute atomic E-state index is 0.278. The second-order valence-electron chi connectivity index (χ2n) is 6.45. The summed E-state index contributed by atoms with van der Waals surface area (Å²) in [6.07, 6.45) is 7.09. The Morgan fingerprint density at radius 1 is 1.37 bits per heavy atom. The van der Waals surface area contributed by atoms with Gasteiger partial charge in [-0.05, 0) is 12.8 Å². The molecule has 2 N–H and O–H groups in total. The number of carbonyl (C=O) groups is 1. The maximum Gasteiger partial charge on any atom is 0.330 e. The lowest BCUT2D eigenvalue weighted by molar-refractivity contribution is 0.0879. The molecule has 3 rings (SSSR count). The summed E-state index contributed by atoms with van der Waals surface area (Å²) in [6.45, 7) is 5.48. The summed E-state index contributed by atoms with van der Waals surface area (Å²) in [5.74, 6) is 1.66. The van der Waals surface area contributed by atoms with E-state index in [-0.39, 0.29) is 12.1 Å². The Hall–Kier alpha value is -2.13. The van der Waals surface area contributed by atoms with E-state index < -0.39 is 0 Å². The van der Waals surface area contributed by atoms with E-state index in [1.54, 1.807) is 10.9 Å². The number of furan rings is 1. The third-order valence-corrected chi connectivity index (χ3v) is 5.47. The average molecular weight is 394 g/mol. The molecule has 1 fully saturated rings. The van der Waals surface area contributed by atoms with E-state index in [1.165, 1.54) is 12.1 Å². The number of carbonyl (C=O) groups excluding carboxylic acids is 1. The van der Waals surface area contributed by atoms with Crippen LogP contribution in [0.25, 0.3) is 0 Å². The van der Waals surface area contributed by atoms with Crippen LogP contribution in [0.4, 0.5) is 16.2 Å². The highest BCUT2D eigenvalue weighted by Gasteiger charge is 2.25. The molecular weight excluding hydrogens is 366 g/mol. The summed E-state index contributed by atoms with van der Waals surface area (Å²) in [5, 5.41) is 7.15. The Bertz CT molecular complexity index is 754. The number of amides is 2. The normalized spacial score (nSPS) is 14.9. The minimum atomic E-state index is -0.279. The molecule has 0 unspecified atom stereocenters. The number of hydrogen-bond donors (Lipinski definition) is 2. The van der Waals surface area contributed by atoms with Crippen LogP contribution < -0.4 is 14.3 Å². The maximum atomic E-state index is 12.4. The zero-order chi connectivity index (χ0) is 19.2. The molecule has 0 saturated carbocycles. The second kappa shape index (κ2) is 9.18. The number of ether oxygens (including phenoxy) is 1. The van der Waals surface area contributed by atoms with Gasteiger partial charge in [-0.15, -0.1) is 0 Å². The summed E-state index contributed by atoms with van der Waals surface area (Å²) < 4.78 is 17.9.